The van der Waals surface area contributed by atoms with Gasteiger partial charge in [0.25, 0.3) is 0 Å². The summed E-state index contributed by atoms with van der Waals surface area (Å²) in [5.41, 5.74) is 1.13. The molecule has 2 N–H and O–H groups in total. The van der Waals surface area contributed by atoms with Crippen molar-refractivity contribution in [1.29, 1.82) is 0 Å². The Morgan fingerprint density at radius 2 is 2.27 bits per heavy atom. The van der Waals surface area contributed by atoms with Crippen molar-refractivity contribution in [3.8, 4) is 0 Å². The number of aliphatic hydroxyl groups excluding tert-OH is 1. The van der Waals surface area contributed by atoms with Gasteiger partial charge in [-0.1, -0.05) is 13.8 Å². The standard InChI is InChI=1S/C11H21N3O/c1-4-14-10(5-6-13-14)7-12-8-11(2,3)9-15/h5-6,12,15H,4,7-9H2,1-3H3. The molecule has 86 valence electrons. The second-order valence-corrected chi connectivity index (χ2v) is 4.56. The first-order chi connectivity index (χ1) is 7.09. The van der Waals surface area contributed by atoms with E-state index in [0.717, 1.165) is 19.6 Å². The molecule has 0 radical (unpaired) electrons. The Hall–Kier alpha value is -0.870. The van der Waals surface area contributed by atoms with Crippen molar-refractivity contribution in [2.45, 2.75) is 33.9 Å². The Kier molecular flexibility index (Phi) is 4.29. The van der Waals surface area contributed by atoms with Gasteiger partial charge in [-0.05, 0) is 13.0 Å². The Balaban J connectivity index is 2.38. The molecule has 4 nitrogen and oxygen atoms in total. The van der Waals surface area contributed by atoms with E-state index in [2.05, 4.69) is 17.3 Å². The van der Waals surface area contributed by atoms with E-state index >= 15 is 0 Å². The first-order valence-corrected chi connectivity index (χ1v) is 5.41. The maximum absolute atomic E-state index is 9.09. The summed E-state index contributed by atoms with van der Waals surface area (Å²) in [5.74, 6) is 0. The Bertz CT molecular complexity index is 294. The quantitative estimate of drug-likeness (QED) is 0.738. The van der Waals surface area contributed by atoms with Crippen LogP contribution < -0.4 is 5.32 Å². The van der Waals surface area contributed by atoms with Gasteiger partial charge in [-0.25, -0.2) is 0 Å². The van der Waals surface area contributed by atoms with Crippen molar-refractivity contribution in [3.63, 3.8) is 0 Å². The molecule has 0 aliphatic heterocycles. The number of nitrogens with zero attached hydrogens (tertiary/aromatic N) is 2. The van der Waals surface area contributed by atoms with Gasteiger partial charge in [-0.3, -0.25) is 4.68 Å². The summed E-state index contributed by atoms with van der Waals surface area (Å²) in [4.78, 5) is 0. The van der Waals surface area contributed by atoms with Crippen LogP contribution in [0.3, 0.4) is 0 Å². The van der Waals surface area contributed by atoms with Gasteiger partial charge in [0.1, 0.15) is 0 Å². The number of aryl methyl sites for hydroxylation is 1. The molecule has 0 amide bonds. The van der Waals surface area contributed by atoms with Gasteiger partial charge in [-0.15, -0.1) is 0 Å². The maximum Gasteiger partial charge on any atom is 0.0521 e. The molecular weight excluding hydrogens is 190 g/mol. The normalized spacial score (nSPS) is 12.0. The highest BCUT2D eigenvalue weighted by Crippen LogP contribution is 2.11. The number of hydrogen-bond donors (Lipinski definition) is 2. The zero-order valence-corrected chi connectivity index (χ0v) is 9.82. The molecule has 1 heterocycles. The van der Waals surface area contributed by atoms with Crippen LogP contribution in [0.1, 0.15) is 26.5 Å². The van der Waals surface area contributed by atoms with E-state index in [1.807, 2.05) is 30.8 Å². The Morgan fingerprint density at radius 3 is 2.87 bits per heavy atom. The molecule has 0 bridgehead atoms. The maximum atomic E-state index is 9.09. The van der Waals surface area contributed by atoms with Gasteiger partial charge < -0.3 is 10.4 Å². The minimum Gasteiger partial charge on any atom is -0.396 e. The van der Waals surface area contributed by atoms with Gasteiger partial charge >= 0.3 is 0 Å². The lowest BCUT2D eigenvalue weighted by Crippen LogP contribution is -2.32. The highest BCUT2D eigenvalue weighted by molar-refractivity contribution is 4.99. The molecule has 0 atom stereocenters. The lowest BCUT2D eigenvalue weighted by molar-refractivity contribution is 0.156. The highest BCUT2D eigenvalue weighted by atomic mass is 16.3. The van der Waals surface area contributed by atoms with Gasteiger partial charge in [-0.2, -0.15) is 5.10 Å². The van der Waals surface area contributed by atoms with E-state index in [-0.39, 0.29) is 12.0 Å². The van der Waals surface area contributed by atoms with Crippen molar-refractivity contribution >= 4 is 0 Å². The summed E-state index contributed by atoms with van der Waals surface area (Å²) in [5, 5.41) is 16.6. The van der Waals surface area contributed by atoms with Gasteiger partial charge in [0.05, 0.1) is 5.69 Å². The summed E-state index contributed by atoms with van der Waals surface area (Å²) in [6.45, 7) is 8.86. The number of aromatic nitrogens is 2. The van der Waals surface area contributed by atoms with E-state index in [1.165, 1.54) is 5.69 Å². The van der Waals surface area contributed by atoms with E-state index in [9.17, 15) is 0 Å². The van der Waals surface area contributed by atoms with E-state index in [4.69, 9.17) is 5.11 Å². The third-order valence-corrected chi connectivity index (χ3v) is 2.44. The fourth-order valence-corrected chi connectivity index (χ4v) is 1.38. The van der Waals surface area contributed by atoms with Crippen LogP contribution in [-0.2, 0) is 13.1 Å². The van der Waals surface area contributed by atoms with Crippen molar-refractivity contribution in [3.05, 3.63) is 18.0 Å². The highest BCUT2D eigenvalue weighted by Gasteiger charge is 2.15. The Morgan fingerprint density at radius 1 is 1.53 bits per heavy atom. The first-order valence-electron chi connectivity index (χ1n) is 5.41. The summed E-state index contributed by atoms with van der Waals surface area (Å²) in [7, 11) is 0. The molecule has 1 aromatic heterocycles. The third-order valence-electron chi connectivity index (χ3n) is 2.44. The minimum atomic E-state index is -0.0585. The molecule has 0 aliphatic rings. The first kappa shape index (κ1) is 12.2. The molecular formula is C11H21N3O. The average molecular weight is 211 g/mol. The monoisotopic (exact) mass is 211 g/mol. The van der Waals surface area contributed by atoms with Crippen LogP contribution in [0.5, 0.6) is 0 Å². The fraction of sp³-hybridized carbons (Fsp3) is 0.727. The van der Waals surface area contributed by atoms with Gasteiger partial charge in [0, 0.05) is 37.9 Å². The zero-order chi connectivity index (χ0) is 11.3. The van der Waals surface area contributed by atoms with Gasteiger partial charge in [0.15, 0.2) is 0 Å². The van der Waals surface area contributed by atoms with Crippen LogP contribution in [0.25, 0.3) is 0 Å². The van der Waals surface area contributed by atoms with Crippen LogP contribution in [-0.4, -0.2) is 28.0 Å². The van der Waals surface area contributed by atoms with Crippen LogP contribution in [0.2, 0.25) is 0 Å². The molecule has 0 fully saturated rings. The third kappa shape index (κ3) is 3.64. The smallest absolute Gasteiger partial charge is 0.0521 e. The van der Waals surface area contributed by atoms with Gasteiger partial charge in [0.2, 0.25) is 0 Å². The zero-order valence-electron chi connectivity index (χ0n) is 9.82. The summed E-state index contributed by atoms with van der Waals surface area (Å²) >= 11 is 0. The molecule has 4 heteroatoms. The number of rotatable bonds is 6. The van der Waals surface area contributed by atoms with E-state index in [0.29, 0.717) is 0 Å². The SMILES string of the molecule is CCn1nccc1CNCC(C)(C)CO. The summed E-state index contributed by atoms with van der Waals surface area (Å²) in [6.07, 6.45) is 1.82. The van der Waals surface area contributed by atoms with E-state index < -0.39 is 0 Å². The summed E-state index contributed by atoms with van der Waals surface area (Å²) < 4.78 is 1.97. The number of nitrogens with one attached hydrogen (secondary N) is 1. The van der Waals surface area contributed by atoms with Crippen LogP contribution in [0.4, 0.5) is 0 Å². The number of hydrogen-bond acceptors (Lipinski definition) is 3. The van der Waals surface area contributed by atoms with Crippen LogP contribution in [0, 0.1) is 5.41 Å². The lowest BCUT2D eigenvalue weighted by atomic mass is 9.95. The van der Waals surface area contributed by atoms with Crippen molar-refractivity contribution in [2.75, 3.05) is 13.2 Å². The molecule has 1 aromatic rings. The molecule has 15 heavy (non-hydrogen) atoms. The Labute approximate surface area is 91.3 Å². The fourth-order valence-electron chi connectivity index (χ4n) is 1.38. The van der Waals surface area contributed by atoms with Crippen LogP contribution in [0.15, 0.2) is 12.3 Å². The molecule has 0 saturated heterocycles. The largest absolute Gasteiger partial charge is 0.396 e. The minimum absolute atomic E-state index is 0.0585. The molecule has 0 aromatic carbocycles. The molecule has 0 unspecified atom stereocenters. The second kappa shape index (κ2) is 5.28. The molecule has 1 rings (SSSR count). The van der Waals surface area contributed by atoms with Crippen molar-refractivity contribution < 1.29 is 5.11 Å². The number of aliphatic hydroxyl groups is 1. The molecule has 0 aliphatic carbocycles. The predicted octanol–water partition coefficient (Wildman–Crippen LogP) is 1.01. The van der Waals surface area contributed by atoms with Crippen molar-refractivity contribution in [2.24, 2.45) is 5.41 Å². The second-order valence-electron chi connectivity index (χ2n) is 4.56. The van der Waals surface area contributed by atoms with E-state index in [1.54, 1.807) is 0 Å². The molecule has 0 spiro atoms. The average Bonchev–Trinajstić information content (AvgIpc) is 2.65. The van der Waals surface area contributed by atoms with Crippen molar-refractivity contribution in [1.82, 2.24) is 15.1 Å². The lowest BCUT2D eigenvalue weighted by Gasteiger charge is -2.21. The van der Waals surface area contributed by atoms with Crippen LogP contribution >= 0.6 is 0 Å². The topological polar surface area (TPSA) is 50.1 Å². The molecule has 0 saturated carbocycles. The predicted molar refractivity (Wildman–Crippen MR) is 60.5 cm³/mol. The summed E-state index contributed by atoms with van der Waals surface area (Å²) in [6, 6.07) is 2.02.